The maximum absolute atomic E-state index is 10.6. The van der Waals surface area contributed by atoms with Crippen LogP contribution in [0, 0.1) is 19.8 Å². The van der Waals surface area contributed by atoms with Crippen molar-refractivity contribution in [3.63, 3.8) is 0 Å². The molecule has 0 amide bonds. The molecule has 4 nitrogen and oxygen atoms in total. The van der Waals surface area contributed by atoms with Gasteiger partial charge in [-0.05, 0) is 68.0 Å². The standard InChI is InChI=1S/C24H32N2O2/c1-16-5-3-4-6-19(16)15-26-11-9-18(10-12-26)22-13-21-20(23(14-25)28-22)8-7-17(2)24(21)27/h3-8,18,22-23,27H,9-15,25H2,1-2H3/t22-,23-/m0/s1. The zero-order valence-electron chi connectivity index (χ0n) is 17.0. The highest BCUT2D eigenvalue weighted by atomic mass is 16.5. The lowest BCUT2D eigenvalue weighted by atomic mass is 9.83. The molecule has 0 radical (unpaired) electrons. The molecule has 0 unspecified atom stereocenters. The summed E-state index contributed by atoms with van der Waals surface area (Å²) < 4.78 is 6.41. The number of aryl methyl sites for hydroxylation is 2. The molecule has 28 heavy (non-hydrogen) atoms. The minimum absolute atomic E-state index is 0.106. The van der Waals surface area contributed by atoms with Crippen LogP contribution in [0.25, 0.3) is 0 Å². The molecular formula is C24H32N2O2. The molecule has 150 valence electrons. The van der Waals surface area contributed by atoms with Crippen LogP contribution in [-0.2, 0) is 17.7 Å². The number of piperidine rings is 1. The Morgan fingerprint density at radius 3 is 2.54 bits per heavy atom. The monoisotopic (exact) mass is 380 g/mol. The second-order valence-electron chi connectivity index (χ2n) is 8.44. The first-order valence-electron chi connectivity index (χ1n) is 10.5. The highest BCUT2D eigenvalue weighted by Gasteiger charge is 2.35. The number of ether oxygens (including phenoxy) is 1. The average molecular weight is 381 g/mol. The number of benzene rings is 2. The molecule has 2 aliphatic heterocycles. The Bertz CT molecular complexity index is 827. The van der Waals surface area contributed by atoms with E-state index in [9.17, 15) is 5.11 Å². The summed E-state index contributed by atoms with van der Waals surface area (Å²) in [6.07, 6.45) is 3.10. The van der Waals surface area contributed by atoms with Crippen molar-refractivity contribution < 1.29 is 9.84 Å². The molecule has 3 N–H and O–H groups in total. The minimum atomic E-state index is -0.106. The topological polar surface area (TPSA) is 58.7 Å². The van der Waals surface area contributed by atoms with Crippen LogP contribution in [0.3, 0.4) is 0 Å². The number of hydrogen-bond donors (Lipinski definition) is 2. The lowest BCUT2D eigenvalue weighted by Crippen LogP contribution is -2.42. The summed E-state index contributed by atoms with van der Waals surface area (Å²) in [6.45, 7) is 7.83. The zero-order valence-corrected chi connectivity index (χ0v) is 17.0. The van der Waals surface area contributed by atoms with E-state index in [0.717, 1.165) is 55.6 Å². The summed E-state index contributed by atoms with van der Waals surface area (Å²) in [7, 11) is 0. The molecule has 4 heteroatoms. The van der Waals surface area contributed by atoms with Crippen LogP contribution >= 0.6 is 0 Å². The quantitative estimate of drug-likeness (QED) is 0.846. The van der Waals surface area contributed by atoms with Crippen LogP contribution < -0.4 is 5.73 Å². The molecule has 1 saturated heterocycles. The minimum Gasteiger partial charge on any atom is -0.507 e. The first kappa shape index (κ1) is 19.4. The Hall–Kier alpha value is -1.88. The van der Waals surface area contributed by atoms with Gasteiger partial charge in [0.1, 0.15) is 5.75 Å². The third-order valence-electron chi connectivity index (χ3n) is 6.64. The van der Waals surface area contributed by atoms with E-state index in [4.69, 9.17) is 10.5 Å². The first-order chi connectivity index (χ1) is 13.6. The summed E-state index contributed by atoms with van der Waals surface area (Å²) in [5, 5.41) is 10.6. The maximum atomic E-state index is 10.6. The number of fused-ring (bicyclic) bond motifs is 1. The van der Waals surface area contributed by atoms with Crippen LogP contribution in [0.15, 0.2) is 36.4 Å². The van der Waals surface area contributed by atoms with Gasteiger partial charge in [-0.1, -0.05) is 36.4 Å². The highest BCUT2D eigenvalue weighted by Crippen LogP contribution is 2.40. The summed E-state index contributed by atoms with van der Waals surface area (Å²) in [4.78, 5) is 2.55. The number of aromatic hydroxyl groups is 1. The number of phenolic OH excluding ortho intramolecular Hbond substituents is 1. The molecule has 2 atom stereocenters. The Morgan fingerprint density at radius 1 is 1.07 bits per heavy atom. The van der Waals surface area contributed by atoms with Crippen molar-refractivity contribution in [3.8, 4) is 5.75 Å². The number of rotatable bonds is 4. The van der Waals surface area contributed by atoms with Crippen molar-refractivity contribution in [2.24, 2.45) is 11.7 Å². The van der Waals surface area contributed by atoms with Gasteiger partial charge in [0.2, 0.25) is 0 Å². The Morgan fingerprint density at radius 2 is 1.82 bits per heavy atom. The van der Waals surface area contributed by atoms with Gasteiger partial charge in [-0.15, -0.1) is 0 Å². The Labute approximate surface area is 168 Å². The Balaban J connectivity index is 1.42. The van der Waals surface area contributed by atoms with Gasteiger partial charge in [0.15, 0.2) is 0 Å². The van der Waals surface area contributed by atoms with Gasteiger partial charge in [-0.2, -0.15) is 0 Å². The molecule has 2 heterocycles. The van der Waals surface area contributed by atoms with Crippen molar-refractivity contribution >= 4 is 0 Å². The third kappa shape index (κ3) is 3.82. The van der Waals surface area contributed by atoms with Gasteiger partial charge in [-0.25, -0.2) is 0 Å². The van der Waals surface area contributed by atoms with E-state index in [1.54, 1.807) is 0 Å². The van der Waals surface area contributed by atoms with E-state index < -0.39 is 0 Å². The van der Waals surface area contributed by atoms with E-state index in [1.165, 1.54) is 11.1 Å². The number of nitrogens with zero attached hydrogens (tertiary/aromatic N) is 1. The summed E-state index contributed by atoms with van der Waals surface area (Å²) in [6, 6.07) is 12.7. The third-order valence-corrected chi connectivity index (χ3v) is 6.64. The zero-order chi connectivity index (χ0) is 19.7. The number of likely N-dealkylation sites (tertiary alicyclic amines) is 1. The molecular weight excluding hydrogens is 348 g/mol. The van der Waals surface area contributed by atoms with Crippen LogP contribution in [0.1, 0.15) is 46.8 Å². The van der Waals surface area contributed by atoms with Gasteiger partial charge in [0, 0.05) is 25.1 Å². The lowest BCUT2D eigenvalue weighted by molar-refractivity contribution is -0.0651. The van der Waals surface area contributed by atoms with Gasteiger partial charge >= 0.3 is 0 Å². The second kappa shape index (κ2) is 8.24. The molecule has 0 spiro atoms. The van der Waals surface area contributed by atoms with Gasteiger partial charge in [-0.3, -0.25) is 4.90 Å². The van der Waals surface area contributed by atoms with E-state index in [-0.39, 0.29) is 12.2 Å². The molecule has 0 aliphatic carbocycles. The molecule has 0 bridgehead atoms. The average Bonchev–Trinajstić information content (AvgIpc) is 2.72. The predicted octanol–water partition coefficient (Wildman–Crippen LogP) is 3.86. The largest absolute Gasteiger partial charge is 0.507 e. The fraction of sp³-hybridized carbons (Fsp3) is 0.500. The molecule has 4 rings (SSSR count). The van der Waals surface area contributed by atoms with Crippen LogP contribution in [0.5, 0.6) is 5.75 Å². The van der Waals surface area contributed by atoms with Crippen molar-refractivity contribution in [2.45, 2.75) is 51.9 Å². The molecule has 2 aliphatic rings. The lowest BCUT2D eigenvalue weighted by Gasteiger charge is -2.40. The van der Waals surface area contributed by atoms with Gasteiger partial charge in [0.25, 0.3) is 0 Å². The molecule has 0 aromatic heterocycles. The number of nitrogens with two attached hydrogens (primary N) is 1. The maximum Gasteiger partial charge on any atom is 0.122 e. The van der Waals surface area contributed by atoms with Crippen LogP contribution in [0.4, 0.5) is 0 Å². The predicted molar refractivity (Wildman–Crippen MR) is 112 cm³/mol. The molecule has 2 aromatic carbocycles. The summed E-state index contributed by atoms with van der Waals surface area (Å²) in [5.74, 6) is 0.955. The van der Waals surface area contributed by atoms with E-state index in [0.29, 0.717) is 18.2 Å². The van der Waals surface area contributed by atoms with Crippen molar-refractivity contribution in [3.05, 3.63) is 64.2 Å². The fourth-order valence-corrected chi connectivity index (χ4v) is 4.79. The fourth-order valence-electron chi connectivity index (χ4n) is 4.79. The Kier molecular flexibility index (Phi) is 5.72. The van der Waals surface area contributed by atoms with Crippen molar-refractivity contribution in [1.29, 1.82) is 0 Å². The van der Waals surface area contributed by atoms with Crippen LogP contribution in [-0.4, -0.2) is 35.7 Å². The normalized spacial score (nSPS) is 23.5. The number of hydrogen-bond acceptors (Lipinski definition) is 4. The summed E-state index contributed by atoms with van der Waals surface area (Å²) >= 11 is 0. The first-order valence-corrected chi connectivity index (χ1v) is 10.5. The van der Waals surface area contributed by atoms with E-state index >= 15 is 0 Å². The molecule has 1 fully saturated rings. The van der Waals surface area contributed by atoms with E-state index in [2.05, 4.69) is 42.2 Å². The van der Waals surface area contributed by atoms with Gasteiger partial charge < -0.3 is 15.6 Å². The second-order valence-corrected chi connectivity index (χ2v) is 8.44. The highest BCUT2D eigenvalue weighted by molar-refractivity contribution is 5.47. The molecule has 0 saturated carbocycles. The van der Waals surface area contributed by atoms with Gasteiger partial charge in [0.05, 0.1) is 12.2 Å². The molecule has 2 aromatic rings. The number of phenols is 1. The van der Waals surface area contributed by atoms with Crippen molar-refractivity contribution in [1.82, 2.24) is 4.90 Å². The summed E-state index contributed by atoms with van der Waals surface area (Å²) in [5.41, 5.74) is 11.8. The smallest absolute Gasteiger partial charge is 0.122 e. The van der Waals surface area contributed by atoms with Crippen LogP contribution in [0.2, 0.25) is 0 Å². The SMILES string of the molecule is Cc1ccccc1CN1CCC([C@@H]2Cc3c(ccc(C)c3O)[C@H](CN)O2)CC1. The van der Waals surface area contributed by atoms with Crippen molar-refractivity contribution in [2.75, 3.05) is 19.6 Å². The van der Waals surface area contributed by atoms with E-state index in [1.807, 2.05) is 13.0 Å².